The Morgan fingerprint density at radius 3 is 2.12 bits per heavy atom. The van der Waals surface area contributed by atoms with Crippen LogP contribution in [0.2, 0.25) is 0 Å². The molecule has 0 heterocycles. The molecular formula is C24H33N3O4S. The number of hydrogen-bond donors (Lipinski definition) is 2. The lowest BCUT2D eigenvalue weighted by Crippen LogP contribution is -2.47. The first-order chi connectivity index (χ1) is 15.1. The monoisotopic (exact) mass is 459 g/mol. The number of anilines is 1. The summed E-state index contributed by atoms with van der Waals surface area (Å²) in [6.45, 7) is 9.94. The fraction of sp³-hybridized carbons (Fsp3) is 0.417. The second-order valence-electron chi connectivity index (χ2n) is 7.85. The van der Waals surface area contributed by atoms with E-state index in [0.29, 0.717) is 18.8 Å². The van der Waals surface area contributed by atoms with E-state index < -0.39 is 22.0 Å². The minimum atomic E-state index is -3.69. The van der Waals surface area contributed by atoms with E-state index in [-0.39, 0.29) is 22.3 Å². The Balaban J connectivity index is 2.20. The van der Waals surface area contributed by atoms with E-state index in [2.05, 4.69) is 17.6 Å². The van der Waals surface area contributed by atoms with Gasteiger partial charge in [0.2, 0.25) is 15.9 Å². The van der Waals surface area contributed by atoms with E-state index in [1.54, 1.807) is 13.8 Å². The number of sulfonamides is 1. The molecule has 0 aromatic heterocycles. The van der Waals surface area contributed by atoms with E-state index in [4.69, 9.17) is 0 Å². The third-order valence-electron chi connectivity index (χ3n) is 5.30. The Labute approximate surface area is 191 Å². The van der Waals surface area contributed by atoms with Crippen LogP contribution in [0.4, 0.5) is 5.69 Å². The van der Waals surface area contributed by atoms with E-state index in [1.165, 1.54) is 28.6 Å². The summed E-state index contributed by atoms with van der Waals surface area (Å²) in [7, 11) is -3.69. The van der Waals surface area contributed by atoms with Crippen LogP contribution in [0.3, 0.4) is 0 Å². The lowest BCUT2D eigenvalue weighted by atomic mass is 10.0. The van der Waals surface area contributed by atoms with Crippen LogP contribution < -0.4 is 10.6 Å². The Bertz CT molecular complexity index is 1030. The van der Waals surface area contributed by atoms with Crippen molar-refractivity contribution in [2.24, 2.45) is 5.92 Å². The Kier molecular flexibility index (Phi) is 8.98. The van der Waals surface area contributed by atoms with Crippen LogP contribution in [0.15, 0.2) is 53.4 Å². The predicted octanol–water partition coefficient (Wildman–Crippen LogP) is 3.67. The highest BCUT2D eigenvalue weighted by molar-refractivity contribution is 7.89. The second-order valence-corrected chi connectivity index (χ2v) is 9.79. The number of nitrogens with one attached hydrogen (secondary N) is 2. The molecule has 2 rings (SSSR count). The zero-order valence-corrected chi connectivity index (χ0v) is 20.2. The minimum absolute atomic E-state index is 0.0513. The van der Waals surface area contributed by atoms with Gasteiger partial charge in [0.05, 0.1) is 4.90 Å². The molecule has 0 aliphatic heterocycles. The average molecular weight is 460 g/mol. The number of carbonyl (C=O) groups is 2. The number of nitrogens with zero attached hydrogens (tertiary/aromatic N) is 1. The first kappa shape index (κ1) is 25.5. The quantitative estimate of drug-likeness (QED) is 0.567. The van der Waals surface area contributed by atoms with Gasteiger partial charge in [-0.2, -0.15) is 4.31 Å². The van der Waals surface area contributed by atoms with Crippen molar-refractivity contribution in [2.45, 2.75) is 52.0 Å². The average Bonchev–Trinajstić information content (AvgIpc) is 2.78. The van der Waals surface area contributed by atoms with Gasteiger partial charge in [-0.25, -0.2) is 8.42 Å². The smallest absolute Gasteiger partial charge is 0.251 e. The summed E-state index contributed by atoms with van der Waals surface area (Å²) in [4.78, 5) is 25.8. The van der Waals surface area contributed by atoms with Crippen molar-refractivity contribution < 1.29 is 18.0 Å². The summed E-state index contributed by atoms with van der Waals surface area (Å²) in [5, 5.41) is 5.59. The highest BCUT2D eigenvalue weighted by Gasteiger charge is 2.26. The first-order valence-electron chi connectivity index (χ1n) is 10.9. The molecule has 2 aromatic rings. The normalized spacial score (nSPS) is 12.6. The maximum atomic E-state index is 12.9. The van der Waals surface area contributed by atoms with Crippen molar-refractivity contribution >= 4 is 27.5 Å². The maximum Gasteiger partial charge on any atom is 0.251 e. The van der Waals surface area contributed by atoms with Crippen LogP contribution in [-0.4, -0.2) is 43.7 Å². The molecule has 0 saturated carbocycles. The Morgan fingerprint density at radius 2 is 1.59 bits per heavy atom. The zero-order valence-electron chi connectivity index (χ0n) is 19.4. The molecule has 2 aromatic carbocycles. The topological polar surface area (TPSA) is 95.6 Å². The molecule has 0 fully saturated rings. The molecule has 2 amide bonds. The van der Waals surface area contributed by atoms with Crippen molar-refractivity contribution in [3.63, 3.8) is 0 Å². The van der Waals surface area contributed by atoms with E-state index in [1.807, 2.05) is 38.1 Å². The molecule has 32 heavy (non-hydrogen) atoms. The molecule has 2 N–H and O–H groups in total. The van der Waals surface area contributed by atoms with Crippen molar-refractivity contribution in [3.05, 3.63) is 59.7 Å². The SMILES string of the molecule is CCc1ccc(NC(=O)[C@@H](NC(=O)c2cccc(S(=O)(=O)N(CC)CC)c2)C(C)C)cc1. The summed E-state index contributed by atoms with van der Waals surface area (Å²) >= 11 is 0. The van der Waals surface area contributed by atoms with Crippen molar-refractivity contribution in [2.75, 3.05) is 18.4 Å². The molecule has 0 radical (unpaired) electrons. The second kappa shape index (κ2) is 11.2. The van der Waals surface area contributed by atoms with Crippen molar-refractivity contribution in [1.29, 1.82) is 0 Å². The molecule has 0 aliphatic carbocycles. The Morgan fingerprint density at radius 1 is 0.969 bits per heavy atom. The lowest BCUT2D eigenvalue weighted by Gasteiger charge is -2.22. The van der Waals surface area contributed by atoms with Crippen LogP contribution >= 0.6 is 0 Å². The molecule has 0 spiro atoms. The van der Waals surface area contributed by atoms with Gasteiger partial charge in [0.25, 0.3) is 5.91 Å². The van der Waals surface area contributed by atoms with E-state index >= 15 is 0 Å². The van der Waals surface area contributed by atoms with Gasteiger partial charge < -0.3 is 10.6 Å². The molecular weight excluding hydrogens is 426 g/mol. The summed E-state index contributed by atoms with van der Waals surface area (Å²) in [5.41, 5.74) is 2.00. The van der Waals surface area contributed by atoms with Crippen LogP contribution in [-0.2, 0) is 21.2 Å². The van der Waals surface area contributed by atoms with Crippen LogP contribution in [0.1, 0.15) is 50.5 Å². The van der Waals surface area contributed by atoms with Crippen LogP contribution in [0.5, 0.6) is 0 Å². The number of amides is 2. The van der Waals surface area contributed by atoms with Crippen molar-refractivity contribution in [3.8, 4) is 0 Å². The fourth-order valence-corrected chi connectivity index (χ4v) is 4.82. The maximum absolute atomic E-state index is 12.9. The van der Waals surface area contributed by atoms with Gasteiger partial charge in [0, 0.05) is 24.3 Å². The molecule has 8 heteroatoms. The molecule has 1 atom stereocenters. The summed E-state index contributed by atoms with van der Waals surface area (Å²) in [6, 6.07) is 12.7. The van der Waals surface area contributed by atoms with Crippen molar-refractivity contribution in [1.82, 2.24) is 9.62 Å². The number of rotatable bonds is 10. The highest BCUT2D eigenvalue weighted by atomic mass is 32.2. The number of benzene rings is 2. The number of carbonyl (C=O) groups excluding carboxylic acids is 2. The standard InChI is InChI=1S/C24H33N3O4S/c1-6-18-12-14-20(15-13-18)25-24(29)22(17(4)5)26-23(28)19-10-9-11-21(16-19)32(30,31)27(7-2)8-3/h9-17,22H,6-8H2,1-5H3,(H,25,29)(H,26,28)/t22-/m0/s1. The van der Waals surface area contributed by atoms with Gasteiger partial charge in [0.1, 0.15) is 6.04 Å². The Hall–Kier alpha value is -2.71. The van der Waals surface area contributed by atoms with E-state index in [0.717, 1.165) is 12.0 Å². The summed E-state index contributed by atoms with van der Waals surface area (Å²) in [6.07, 6.45) is 0.905. The summed E-state index contributed by atoms with van der Waals surface area (Å²) in [5.74, 6) is -1.00. The van der Waals surface area contributed by atoms with Crippen LogP contribution in [0, 0.1) is 5.92 Å². The van der Waals surface area contributed by atoms with Gasteiger partial charge in [-0.05, 0) is 48.2 Å². The molecule has 0 aliphatic rings. The van der Waals surface area contributed by atoms with Crippen LogP contribution in [0.25, 0.3) is 0 Å². The zero-order chi connectivity index (χ0) is 23.9. The highest BCUT2D eigenvalue weighted by Crippen LogP contribution is 2.18. The van der Waals surface area contributed by atoms with Gasteiger partial charge in [0.15, 0.2) is 0 Å². The molecule has 174 valence electrons. The molecule has 7 nitrogen and oxygen atoms in total. The third kappa shape index (κ3) is 6.17. The molecule has 0 bridgehead atoms. The largest absolute Gasteiger partial charge is 0.340 e. The van der Waals surface area contributed by atoms with E-state index in [9.17, 15) is 18.0 Å². The predicted molar refractivity (Wildman–Crippen MR) is 127 cm³/mol. The van der Waals surface area contributed by atoms with Gasteiger partial charge in [-0.3, -0.25) is 9.59 Å². The van der Waals surface area contributed by atoms with Gasteiger partial charge >= 0.3 is 0 Å². The fourth-order valence-electron chi connectivity index (χ4n) is 3.31. The molecule has 0 unspecified atom stereocenters. The first-order valence-corrected chi connectivity index (χ1v) is 12.4. The minimum Gasteiger partial charge on any atom is -0.340 e. The van der Waals surface area contributed by atoms with Gasteiger partial charge in [-0.15, -0.1) is 0 Å². The lowest BCUT2D eigenvalue weighted by molar-refractivity contribution is -0.118. The number of aryl methyl sites for hydroxylation is 1. The number of hydrogen-bond acceptors (Lipinski definition) is 4. The third-order valence-corrected chi connectivity index (χ3v) is 7.35. The van der Waals surface area contributed by atoms with Gasteiger partial charge in [-0.1, -0.05) is 52.8 Å². The summed E-state index contributed by atoms with van der Waals surface area (Å²) < 4.78 is 26.9. The molecule has 0 saturated heterocycles.